The Morgan fingerprint density at radius 2 is 0.900 bits per heavy atom. The molecule has 0 aliphatic heterocycles. The molecular formula is C6H12O4-2. The van der Waals surface area contributed by atoms with Crippen molar-refractivity contribution in [2.75, 3.05) is 0 Å². The van der Waals surface area contributed by atoms with E-state index >= 15 is 0 Å². The SMILES string of the molecule is CC.CC(=O)[O-].CC(=O)[O-]. The zero-order valence-electron chi connectivity index (χ0n) is 6.63. The van der Waals surface area contributed by atoms with Gasteiger partial charge in [-0.1, -0.05) is 13.8 Å². The lowest BCUT2D eigenvalue weighted by molar-refractivity contribution is -0.303. The monoisotopic (exact) mass is 148 g/mol. The van der Waals surface area contributed by atoms with Crippen LogP contribution >= 0.6 is 0 Å². The van der Waals surface area contributed by atoms with Crippen molar-refractivity contribution < 1.29 is 19.8 Å². The molecular weight excluding hydrogens is 136 g/mol. The van der Waals surface area contributed by atoms with Crippen LogP contribution < -0.4 is 10.2 Å². The Morgan fingerprint density at radius 1 is 0.900 bits per heavy atom. The van der Waals surface area contributed by atoms with E-state index in [1.54, 1.807) is 0 Å². The number of carboxylic acids is 2. The fourth-order valence-electron chi connectivity index (χ4n) is 0. The highest BCUT2D eigenvalue weighted by Crippen LogP contribution is 1.31. The van der Waals surface area contributed by atoms with E-state index in [0.717, 1.165) is 13.8 Å². The first-order chi connectivity index (χ1) is 4.46. The standard InChI is InChI=1S/2C2H4O2.C2H6/c2*1-2(3)4;1-2/h2*1H3,(H,3,4);1-2H3/p-2. The second-order valence-electron chi connectivity index (χ2n) is 0.983. The van der Waals surface area contributed by atoms with Crippen LogP contribution in [-0.2, 0) is 9.59 Å². The van der Waals surface area contributed by atoms with Crippen LogP contribution in [-0.4, -0.2) is 11.9 Å². The average molecular weight is 148 g/mol. The molecule has 62 valence electrons. The smallest absolute Gasteiger partial charge is 0.0383 e. The van der Waals surface area contributed by atoms with Gasteiger partial charge in [0.25, 0.3) is 0 Å². The maximum Gasteiger partial charge on any atom is 0.0383 e. The van der Waals surface area contributed by atoms with E-state index in [4.69, 9.17) is 19.8 Å². The zero-order valence-corrected chi connectivity index (χ0v) is 6.63. The molecule has 4 nitrogen and oxygen atoms in total. The molecule has 0 saturated carbocycles. The van der Waals surface area contributed by atoms with Crippen LogP contribution in [0.15, 0.2) is 0 Å². The topological polar surface area (TPSA) is 80.3 Å². The Balaban J connectivity index is -0.0000000787. The van der Waals surface area contributed by atoms with Crippen molar-refractivity contribution in [1.29, 1.82) is 0 Å². The molecule has 0 spiro atoms. The molecule has 0 radical (unpaired) electrons. The minimum Gasteiger partial charge on any atom is -0.550 e. The van der Waals surface area contributed by atoms with Crippen LogP contribution in [0.2, 0.25) is 0 Å². The number of aliphatic carboxylic acids is 2. The van der Waals surface area contributed by atoms with Gasteiger partial charge < -0.3 is 19.8 Å². The van der Waals surface area contributed by atoms with Gasteiger partial charge in [-0.3, -0.25) is 0 Å². The van der Waals surface area contributed by atoms with Gasteiger partial charge in [-0.15, -0.1) is 0 Å². The van der Waals surface area contributed by atoms with Gasteiger partial charge in [0.15, 0.2) is 0 Å². The predicted octanol–water partition coefficient (Wildman–Crippen LogP) is -1.46. The lowest BCUT2D eigenvalue weighted by Gasteiger charge is -1.77. The quantitative estimate of drug-likeness (QED) is 0.420. The highest BCUT2D eigenvalue weighted by molar-refractivity contribution is 5.60. The van der Waals surface area contributed by atoms with Gasteiger partial charge in [-0.2, -0.15) is 0 Å². The molecule has 0 rings (SSSR count). The molecule has 0 fully saturated rings. The molecule has 0 aliphatic rings. The fourth-order valence-corrected chi connectivity index (χ4v) is 0. The predicted molar refractivity (Wildman–Crippen MR) is 32.7 cm³/mol. The summed E-state index contributed by atoms with van der Waals surface area (Å²) in [6.07, 6.45) is 0. The van der Waals surface area contributed by atoms with Crippen molar-refractivity contribution in [2.24, 2.45) is 0 Å². The maximum atomic E-state index is 8.89. The summed E-state index contributed by atoms with van der Waals surface area (Å²) in [7, 11) is 0. The first-order valence-electron chi connectivity index (χ1n) is 2.82. The molecule has 0 bridgehead atoms. The molecule has 0 aliphatic carbocycles. The Hall–Kier alpha value is -1.06. The lowest BCUT2D eigenvalue weighted by atomic mass is 10.9. The molecule has 0 unspecified atom stereocenters. The molecule has 0 aromatic carbocycles. The van der Waals surface area contributed by atoms with Crippen LogP contribution in [0.25, 0.3) is 0 Å². The van der Waals surface area contributed by atoms with Crippen LogP contribution in [0.4, 0.5) is 0 Å². The maximum absolute atomic E-state index is 8.89. The third-order valence-electron chi connectivity index (χ3n) is 0. The molecule has 0 atom stereocenters. The van der Waals surface area contributed by atoms with E-state index in [0.29, 0.717) is 0 Å². The van der Waals surface area contributed by atoms with E-state index in [9.17, 15) is 0 Å². The molecule has 0 aromatic rings. The minimum atomic E-state index is -1.08. The highest BCUT2D eigenvalue weighted by Gasteiger charge is 1.46. The number of hydrogen-bond acceptors (Lipinski definition) is 4. The number of carboxylic acid groups (broad SMARTS) is 2. The Labute approximate surface area is 60.5 Å². The summed E-state index contributed by atoms with van der Waals surface area (Å²) in [4.78, 5) is 17.8. The molecule has 0 N–H and O–H groups in total. The van der Waals surface area contributed by atoms with Crippen molar-refractivity contribution >= 4 is 11.9 Å². The Morgan fingerprint density at radius 3 is 0.900 bits per heavy atom. The van der Waals surface area contributed by atoms with Gasteiger partial charge in [-0.05, 0) is 13.8 Å². The Kier molecular flexibility index (Phi) is 25.0. The highest BCUT2D eigenvalue weighted by atomic mass is 16.4. The van der Waals surface area contributed by atoms with Crippen LogP contribution in [0, 0.1) is 0 Å². The second-order valence-corrected chi connectivity index (χ2v) is 0.983. The molecule has 0 amide bonds. The summed E-state index contributed by atoms with van der Waals surface area (Å²) in [6, 6.07) is 0. The van der Waals surface area contributed by atoms with Crippen molar-refractivity contribution in [1.82, 2.24) is 0 Å². The Bertz CT molecular complexity index is 67.7. The van der Waals surface area contributed by atoms with E-state index < -0.39 is 11.9 Å². The van der Waals surface area contributed by atoms with Crippen molar-refractivity contribution in [3.05, 3.63) is 0 Å². The number of carbonyl (C=O) groups is 2. The molecule has 0 heterocycles. The van der Waals surface area contributed by atoms with Gasteiger partial charge in [0.1, 0.15) is 0 Å². The average Bonchev–Trinajstić information content (AvgIpc) is 1.66. The van der Waals surface area contributed by atoms with E-state index in [2.05, 4.69) is 0 Å². The zero-order chi connectivity index (χ0) is 9.15. The van der Waals surface area contributed by atoms with Crippen LogP contribution in [0.5, 0.6) is 0 Å². The largest absolute Gasteiger partial charge is 0.550 e. The van der Waals surface area contributed by atoms with Gasteiger partial charge in [-0.25, -0.2) is 0 Å². The number of carbonyl (C=O) groups excluding carboxylic acids is 2. The molecule has 10 heavy (non-hydrogen) atoms. The van der Waals surface area contributed by atoms with E-state index in [1.807, 2.05) is 13.8 Å². The lowest BCUT2D eigenvalue weighted by Crippen LogP contribution is -2.16. The summed E-state index contributed by atoms with van der Waals surface area (Å²) in [5.74, 6) is -2.17. The molecule has 4 heteroatoms. The van der Waals surface area contributed by atoms with Gasteiger partial charge in [0.05, 0.1) is 0 Å². The summed E-state index contributed by atoms with van der Waals surface area (Å²) in [5, 5.41) is 17.8. The normalized spacial score (nSPS) is 5.60. The summed E-state index contributed by atoms with van der Waals surface area (Å²) >= 11 is 0. The van der Waals surface area contributed by atoms with E-state index in [-0.39, 0.29) is 0 Å². The second kappa shape index (κ2) is 15.7. The third kappa shape index (κ3) is 218. The first kappa shape index (κ1) is 16.0. The van der Waals surface area contributed by atoms with Crippen LogP contribution in [0.1, 0.15) is 27.7 Å². The van der Waals surface area contributed by atoms with E-state index in [1.165, 1.54) is 0 Å². The molecule has 0 saturated heterocycles. The van der Waals surface area contributed by atoms with Crippen molar-refractivity contribution in [3.8, 4) is 0 Å². The summed E-state index contributed by atoms with van der Waals surface area (Å²) < 4.78 is 0. The summed E-state index contributed by atoms with van der Waals surface area (Å²) in [5.41, 5.74) is 0. The first-order valence-corrected chi connectivity index (χ1v) is 2.82. The van der Waals surface area contributed by atoms with Crippen molar-refractivity contribution in [3.63, 3.8) is 0 Å². The fraction of sp³-hybridized carbons (Fsp3) is 0.667. The minimum absolute atomic E-state index is 0.972. The van der Waals surface area contributed by atoms with Crippen LogP contribution in [0.3, 0.4) is 0 Å². The third-order valence-corrected chi connectivity index (χ3v) is 0. The van der Waals surface area contributed by atoms with Gasteiger partial charge in [0.2, 0.25) is 0 Å². The number of rotatable bonds is 0. The van der Waals surface area contributed by atoms with Gasteiger partial charge >= 0.3 is 0 Å². The number of hydrogen-bond donors (Lipinski definition) is 0. The molecule has 0 aromatic heterocycles. The van der Waals surface area contributed by atoms with Crippen molar-refractivity contribution in [2.45, 2.75) is 27.7 Å². The summed E-state index contributed by atoms with van der Waals surface area (Å²) in [6.45, 7) is 5.94. The van der Waals surface area contributed by atoms with Gasteiger partial charge in [0, 0.05) is 11.9 Å².